The fraction of sp³-hybridized carbons (Fsp3) is 0.417. The number of anilines is 1. The van der Waals surface area contributed by atoms with Gasteiger partial charge in [0, 0.05) is 30.9 Å². The molecular weight excluding hydrogens is 246 g/mol. The molecule has 0 aliphatic heterocycles. The average Bonchev–Trinajstić information content (AvgIpc) is 2.82. The van der Waals surface area contributed by atoms with Crippen molar-refractivity contribution in [2.75, 3.05) is 11.9 Å². The number of hydrogen-bond donors (Lipinski definition) is 1. The van der Waals surface area contributed by atoms with Crippen molar-refractivity contribution in [2.45, 2.75) is 25.9 Å². The third kappa shape index (κ3) is 3.48. The molecule has 0 aromatic carbocycles. The van der Waals surface area contributed by atoms with E-state index in [9.17, 15) is 0 Å². The number of rotatable bonds is 5. The van der Waals surface area contributed by atoms with Crippen molar-refractivity contribution in [3.8, 4) is 0 Å². The van der Waals surface area contributed by atoms with Crippen LogP contribution in [0.3, 0.4) is 0 Å². The molecule has 6 heteroatoms. The summed E-state index contributed by atoms with van der Waals surface area (Å²) >= 11 is 1.59. The first-order chi connectivity index (χ1) is 8.65. The molecule has 96 valence electrons. The van der Waals surface area contributed by atoms with Gasteiger partial charge in [-0.1, -0.05) is 0 Å². The Kier molecular flexibility index (Phi) is 4.22. The molecule has 0 saturated heterocycles. The molecule has 0 radical (unpaired) electrons. The van der Waals surface area contributed by atoms with E-state index in [1.165, 1.54) is 0 Å². The van der Waals surface area contributed by atoms with Gasteiger partial charge in [-0.05, 0) is 18.9 Å². The van der Waals surface area contributed by atoms with Crippen LogP contribution in [0.2, 0.25) is 0 Å². The lowest BCUT2D eigenvalue weighted by Crippen LogP contribution is -2.20. The van der Waals surface area contributed by atoms with Gasteiger partial charge in [0.25, 0.3) is 0 Å². The van der Waals surface area contributed by atoms with Gasteiger partial charge in [0.15, 0.2) is 0 Å². The number of aromatic nitrogens is 3. The maximum absolute atomic E-state index is 5.74. The van der Waals surface area contributed by atoms with Crippen molar-refractivity contribution in [1.29, 1.82) is 0 Å². The van der Waals surface area contributed by atoms with E-state index in [1.54, 1.807) is 11.3 Å². The topological polar surface area (TPSA) is 67.9 Å². The minimum Gasteiger partial charge on any atom is -0.338 e. The molecule has 2 heterocycles. The van der Waals surface area contributed by atoms with Gasteiger partial charge in [0.1, 0.15) is 0 Å². The zero-order valence-corrected chi connectivity index (χ0v) is 11.4. The molecule has 2 rings (SSSR count). The molecule has 0 fully saturated rings. The van der Waals surface area contributed by atoms with Crippen molar-refractivity contribution in [2.24, 2.45) is 5.73 Å². The van der Waals surface area contributed by atoms with Gasteiger partial charge in [-0.3, -0.25) is 0 Å². The molecule has 0 saturated carbocycles. The van der Waals surface area contributed by atoms with E-state index in [0.29, 0.717) is 5.95 Å². The Hall–Kier alpha value is -1.53. The summed E-state index contributed by atoms with van der Waals surface area (Å²) in [6.07, 6.45) is 4.47. The Balaban J connectivity index is 2.00. The van der Waals surface area contributed by atoms with Crippen LogP contribution in [0.25, 0.3) is 0 Å². The highest BCUT2D eigenvalue weighted by atomic mass is 32.1. The first-order valence-corrected chi connectivity index (χ1v) is 6.74. The second-order valence-corrected chi connectivity index (χ2v) is 5.13. The first-order valence-electron chi connectivity index (χ1n) is 5.80. The number of hydrogen-bond acceptors (Lipinski definition) is 6. The van der Waals surface area contributed by atoms with Crippen molar-refractivity contribution >= 4 is 17.3 Å². The summed E-state index contributed by atoms with van der Waals surface area (Å²) in [6, 6.07) is 0.132. The lowest BCUT2D eigenvalue weighted by Gasteiger charge is -2.15. The maximum Gasteiger partial charge on any atom is 0.225 e. The number of nitrogens with two attached hydrogens (primary N) is 1. The average molecular weight is 263 g/mol. The lowest BCUT2D eigenvalue weighted by molar-refractivity contribution is 0.730. The summed E-state index contributed by atoms with van der Waals surface area (Å²) < 4.78 is 0. The molecular formula is C12H17N5S. The van der Waals surface area contributed by atoms with Gasteiger partial charge >= 0.3 is 0 Å². The fourth-order valence-electron chi connectivity index (χ4n) is 1.65. The monoisotopic (exact) mass is 263 g/mol. The molecule has 0 aliphatic carbocycles. The molecule has 2 aromatic rings. The van der Waals surface area contributed by atoms with E-state index >= 15 is 0 Å². The molecule has 0 spiro atoms. The standard InChI is InChI=1S/C12H17N5S/c1-9(13)3-10-4-14-12(15-5-10)17(2)6-11-7-18-8-16-11/h4-5,7-9H,3,6,13H2,1-2H3. The number of nitrogens with zero attached hydrogens (tertiary/aromatic N) is 4. The van der Waals surface area contributed by atoms with Crippen LogP contribution in [-0.4, -0.2) is 28.0 Å². The summed E-state index contributed by atoms with van der Waals surface area (Å²) in [4.78, 5) is 14.9. The van der Waals surface area contributed by atoms with Crippen molar-refractivity contribution in [3.63, 3.8) is 0 Å². The third-order valence-electron chi connectivity index (χ3n) is 2.47. The SMILES string of the molecule is CC(N)Cc1cnc(N(C)Cc2cscn2)nc1. The minimum absolute atomic E-state index is 0.132. The smallest absolute Gasteiger partial charge is 0.225 e. The summed E-state index contributed by atoms with van der Waals surface area (Å²) in [7, 11) is 1.96. The highest BCUT2D eigenvalue weighted by Crippen LogP contribution is 2.10. The van der Waals surface area contributed by atoms with Crippen LogP contribution in [0.1, 0.15) is 18.2 Å². The Bertz CT molecular complexity index is 466. The maximum atomic E-state index is 5.74. The van der Waals surface area contributed by atoms with Crippen molar-refractivity contribution in [1.82, 2.24) is 15.0 Å². The fourth-order valence-corrected chi connectivity index (χ4v) is 2.20. The van der Waals surface area contributed by atoms with E-state index < -0.39 is 0 Å². The largest absolute Gasteiger partial charge is 0.338 e. The third-order valence-corrected chi connectivity index (χ3v) is 3.11. The molecule has 2 aromatic heterocycles. The Labute approximate surface area is 111 Å². The molecule has 1 atom stereocenters. The second-order valence-electron chi connectivity index (χ2n) is 4.41. The molecule has 0 amide bonds. The van der Waals surface area contributed by atoms with Crippen LogP contribution < -0.4 is 10.6 Å². The quantitative estimate of drug-likeness (QED) is 0.884. The highest BCUT2D eigenvalue weighted by Gasteiger charge is 2.07. The molecule has 0 bridgehead atoms. The van der Waals surface area contributed by atoms with Gasteiger partial charge in [-0.25, -0.2) is 15.0 Å². The highest BCUT2D eigenvalue weighted by molar-refractivity contribution is 7.07. The van der Waals surface area contributed by atoms with Crippen LogP contribution in [0.15, 0.2) is 23.3 Å². The molecule has 0 aliphatic rings. The van der Waals surface area contributed by atoms with Crippen LogP contribution >= 0.6 is 11.3 Å². The predicted molar refractivity (Wildman–Crippen MR) is 73.6 cm³/mol. The first kappa shape index (κ1) is 12.9. The molecule has 18 heavy (non-hydrogen) atoms. The summed E-state index contributed by atoms with van der Waals surface area (Å²) in [6.45, 7) is 2.69. The van der Waals surface area contributed by atoms with Crippen molar-refractivity contribution < 1.29 is 0 Å². The summed E-state index contributed by atoms with van der Waals surface area (Å²) in [5.74, 6) is 0.705. The molecule has 1 unspecified atom stereocenters. The van der Waals surface area contributed by atoms with E-state index in [4.69, 9.17) is 5.73 Å². The Morgan fingerprint density at radius 2 is 2.06 bits per heavy atom. The Morgan fingerprint density at radius 1 is 1.33 bits per heavy atom. The zero-order valence-electron chi connectivity index (χ0n) is 10.6. The Morgan fingerprint density at radius 3 is 2.61 bits per heavy atom. The number of thiazole rings is 1. The van der Waals surface area contributed by atoms with E-state index in [0.717, 1.165) is 24.2 Å². The van der Waals surface area contributed by atoms with Crippen LogP contribution in [-0.2, 0) is 13.0 Å². The van der Waals surface area contributed by atoms with Crippen LogP contribution in [0.4, 0.5) is 5.95 Å². The normalized spacial score (nSPS) is 12.4. The van der Waals surface area contributed by atoms with Gasteiger partial charge in [0.2, 0.25) is 5.95 Å². The van der Waals surface area contributed by atoms with Gasteiger partial charge < -0.3 is 10.6 Å². The van der Waals surface area contributed by atoms with Gasteiger partial charge in [-0.2, -0.15) is 0 Å². The van der Waals surface area contributed by atoms with E-state index in [-0.39, 0.29) is 6.04 Å². The zero-order chi connectivity index (χ0) is 13.0. The van der Waals surface area contributed by atoms with E-state index in [1.807, 2.05) is 42.2 Å². The summed E-state index contributed by atoms with van der Waals surface area (Å²) in [5, 5.41) is 2.03. The van der Waals surface area contributed by atoms with E-state index in [2.05, 4.69) is 15.0 Å². The van der Waals surface area contributed by atoms with Gasteiger partial charge in [-0.15, -0.1) is 11.3 Å². The second kappa shape index (κ2) is 5.88. The minimum atomic E-state index is 0.132. The molecule has 5 nitrogen and oxygen atoms in total. The molecule has 2 N–H and O–H groups in total. The summed E-state index contributed by atoms with van der Waals surface area (Å²) in [5.41, 5.74) is 9.67. The van der Waals surface area contributed by atoms with Crippen LogP contribution in [0, 0.1) is 0 Å². The van der Waals surface area contributed by atoms with Crippen molar-refractivity contribution in [3.05, 3.63) is 34.5 Å². The lowest BCUT2D eigenvalue weighted by atomic mass is 10.1. The van der Waals surface area contributed by atoms with Gasteiger partial charge in [0.05, 0.1) is 17.7 Å². The predicted octanol–water partition coefficient (Wildman–Crippen LogP) is 1.46. The van der Waals surface area contributed by atoms with Crippen LogP contribution in [0.5, 0.6) is 0 Å².